The summed E-state index contributed by atoms with van der Waals surface area (Å²) in [7, 11) is 0. The number of hydrogen-bond donors (Lipinski definition) is 1. The van der Waals surface area contributed by atoms with Gasteiger partial charge in [0, 0.05) is 37.5 Å². The first-order chi connectivity index (χ1) is 18.3. The summed E-state index contributed by atoms with van der Waals surface area (Å²) >= 11 is 0. The van der Waals surface area contributed by atoms with E-state index in [0.717, 1.165) is 60.4 Å². The third kappa shape index (κ3) is 6.66. The van der Waals surface area contributed by atoms with Gasteiger partial charge in [0.1, 0.15) is 19.0 Å². The lowest BCUT2D eigenvalue weighted by Gasteiger charge is -2.32. The van der Waals surface area contributed by atoms with Crippen molar-refractivity contribution >= 4 is 5.82 Å². The van der Waals surface area contributed by atoms with Crippen molar-refractivity contribution < 1.29 is 14.6 Å². The lowest BCUT2D eigenvalue weighted by molar-refractivity contribution is 0.240. The molecule has 1 aliphatic rings. The number of piperidine rings is 1. The molecule has 0 aliphatic carbocycles. The molecule has 0 bridgehead atoms. The molecule has 4 aromatic rings. The van der Waals surface area contributed by atoms with Gasteiger partial charge in [-0.15, -0.1) is 0 Å². The van der Waals surface area contributed by atoms with E-state index in [1.165, 1.54) is 0 Å². The van der Waals surface area contributed by atoms with Crippen LogP contribution < -0.4 is 14.4 Å². The minimum atomic E-state index is 0.266. The molecule has 1 aliphatic heterocycles. The fourth-order valence-electron chi connectivity index (χ4n) is 4.68. The average Bonchev–Trinajstić information content (AvgIpc) is 2.97. The molecule has 0 atom stereocenters. The molecule has 0 saturated carbocycles. The number of aliphatic hydroxyl groups excluding tert-OH is 1. The van der Waals surface area contributed by atoms with Crippen molar-refractivity contribution in [1.82, 2.24) is 9.97 Å². The normalized spacial score (nSPS) is 13.9. The van der Waals surface area contributed by atoms with E-state index in [2.05, 4.69) is 16.0 Å². The molecular weight excluding hydrogens is 462 g/mol. The third-order valence-electron chi connectivity index (χ3n) is 6.82. The lowest BCUT2D eigenvalue weighted by atomic mass is 9.94. The topological polar surface area (TPSA) is 67.7 Å². The van der Waals surface area contributed by atoms with E-state index < -0.39 is 0 Å². The number of rotatable bonds is 10. The summed E-state index contributed by atoms with van der Waals surface area (Å²) in [4.78, 5) is 11.7. The highest BCUT2D eigenvalue weighted by atomic mass is 16.5. The van der Waals surface area contributed by atoms with Crippen LogP contribution in [0.3, 0.4) is 0 Å². The molecular formula is C31H33N3O3. The number of benzene rings is 2. The molecule has 0 radical (unpaired) electrons. The molecule has 1 fully saturated rings. The van der Waals surface area contributed by atoms with Crippen molar-refractivity contribution in [3.05, 3.63) is 102 Å². The molecule has 0 unspecified atom stereocenters. The summed E-state index contributed by atoms with van der Waals surface area (Å²) in [5, 5.41) is 9.26. The van der Waals surface area contributed by atoms with Crippen LogP contribution in [0.15, 0.2) is 91.1 Å². The number of pyridine rings is 2. The summed E-state index contributed by atoms with van der Waals surface area (Å²) in [5.74, 6) is 2.61. The van der Waals surface area contributed by atoms with Crippen LogP contribution in [0.5, 0.6) is 11.8 Å². The smallest absolute Gasteiger partial charge is 0.225 e. The molecule has 6 heteroatoms. The van der Waals surface area contributed by atoms with Gasteiger partial charge in [0.05, 0.1) is 0 Å². The summed E-state index contributed by atoms with van der Waals surface area (Å²) in [6.07, 6.45) is 4.89. The van der Waals surface area contributed by atoms with Gasteiger partial charge in [-0.25, -0.2) is 4.98 Å². The monoisotopic (exact) mass is 495 g/mol. The van der Waals surface area contributed by atoms with Crippen LogP contribution >= 0.6 is 0 Å². The molecule has 37 heavy (non-hydrogen) atoms. The predicted octanol–water partition coefficient (Wildman–Crippen LogP) is 5.90. The number of anilines is 1. The van der Waals surface area contributed by atoms with Crippen molar-refractivity contribution in [2.24, 2.45) is 5.92 Å². The number of nitrogens with zero attached hydrogens (tertiary/aromatic N) is 3. The predicted molar refractivity (Wildman–Crippen MR) is 146 cm³/mol. The molecule has 2 aromatic carbocycles. The molecule has 5 rings (SSSR count). The molecule has 6 nitrogen and oxygen atoms in total. The second-order valence-electron chi connectivity index (χ2n) is 9.40. The molecule has 0 spiro atoms. The van der Waals surface area contributed by atoms with Gasteiger partial charge in [-0.2, -0.15) is 4.98 Å². The van der Waals surface area contributed by atoms with Crippen LogP contribution in [0, 0.1) is 5.92 Å². The molecule has 1 N–H and O–H groups in total. The van der Waals surface area contributed by atoms with Gasteiger partial charge >= 0.3 is 0 Å². The Morgan fingerprint density at radius 3 is 2.16 bits per heavy atom. The van der Waals surface area contributed by atoms with Crippen LogP contribution in [0.1, 0.15) is 30.4 Å². The summed E-state index contributed by atoms with van der Waals surface area (Å²) < 4.78 is 12.2. The second kappa shape index (κ2) is 12.4. The first-order valence-corrected chi connectivity index (χ1v) is 13.0. The van der Waals surface area contributed by atoms with Crippen LogP contribution in [-0.4, -0.2) is 34.8 Å². The van der Waals surface area contributed by atoms with Gasteiger partial charge in [0.25, 0.3) is 0 Å². The van der Waals surface area contributed by atoms with Crippen molar-refractivity contribution in [3.8, 4) is 22.9 Å². The molecule has 2 aromatic heterocycles. The highest BCUT2D eigenvalue weighted by Gasteiger charge is 2.20. The van der Waals surface area contributed by atoms with Gasteiger partial charge in [0.15, 0.2) is 0 Å². The third-order valence-corrected chi connectivity index (χ3v) is 6.82. The Morgan fingerprint density at radius 1 is 0.811 bits per heavy atom. The molecule has 0 amide bonds. The standard InChI is InChI=1S/C31H33N3O3/c35-20-16-24-14-18-34(19-15-24)29-21-27(13-17-32-29)28-11-12-30(36-22-25-7-3-1-4-8-25)33-31(28)37-23-26-9-5-2-6-10-26/h1-13,17,21,24,35H,14-16,18-20,22-23H2. The fourth-order valence-corrected chi connectivity index (χ4v) is 4.68. The Hall–Kier alpha value is -3.90. The molecule has 190 valence electrons. The Bertz CT molecular complexity index is 1260. The zero-order valence-corrected chi connectivity index (χ0v) is 21.0. The number of aliphatic hydroxyl groups is 1. The number of aromatic nitrogens is 2. The zero-order chi connectivity index (χ0) is 25.3. The van der Waals surface area contributed by atoms with Crippen LogP contribution in [0.4, 0.5) is 5.82 Å². The van der Waals surface area contributed by atoms with E-state index in [1.807, 2.05) is 85.1 Å². The Kier molecular flexibility index (Phi) is 8.28. The van der Waals surface area contributed by atoms with Crippen molar-refractivity contribution in [3.63, 3.8) is 0 Å². The Labute approximate surface area is 218 Å². The highest BCUT2D eigenvalue weighted by molar-refractivity contribution is 5.71. The Morgan fingerprint density at radius 2 is 1.49 bits per heavy atom. The minimum Gasteiger partial charge on any atom is -0.473 e. The first kappa shape index (κ1) is 24.8. The number of hydrogen-bond acceptors (Lipinski definition) is 6. The van der Waals surface area contributed by atoms with E-state index >= 15 is 0 Å². The molecule has 3 heterocycles. The van der Waals surface area contributed by atoms with Gasteiger partial charge in [-0.1, -0.05) is 60.7 Å². The zero-order valence-electron chi connectivity index (χ0n) is 21.0. The van der Waals surface area contributed by atoms with E-state index in [-0.39, 0.29) is 6.61 Å². The van der Waals surface area contributed by atoms with Crippen LogP contribution in [0.25, 0.3) is 11.1 Å². The van der Waals surface area contributed by atoms with Gasteiger partial charge in [-0.3, -0.25) is 0 Å². The van der Waals surface area contributed by atoms with Gasteiger partial charge in [0.2, 0.25) is 11.8 Å². The fraction of sp³-hybridized carbons (Fsp3) is 0.290. The maximum atomic E-state index is 9.26. The van der Waals surface area contributed by atoms with Gasteiger partial charge in [-0.05, 0) is 60.1 Å². The Balaban J connectivity index is 1.37. The van der Waals surface area contributed by atoms with E-state index in [4.69, 9.17) is 14.5 Å². The van der Waals surface area contributed by atoms with Crippen molar-refractivity contribution in [1.29, 1.82) is 0 Å². The second-order valence-corrected chi connectivity index (χ2v) is 9.40. The van der Waals surface area contributed by atoms with Crippen molar-refractivity contribution in [2.75, 3.05) is 24.6 Å². The van der Waals surface area contributed by atoms with E-state index in [1.54, 1.807) is 0 Å². The van der Waals surface area contributed by atoms with E-state index in [0.29, 0.717) is 30.9 Å². The quantitative estimate of drug-likeness (QED) is 0.295. The summed E-state index contributed by atoms with van der Waals surface area (Å²) in [6, 6.07) is 28.2. The van der Waals surface area contributed by atoms with Crippen LogP contribution in [0.2, 0.25) is 0 Å². The highest BCUT2D eigenvalue weighted by Crippen LogP contribution is 2.33. The SMILES string of the molecule is OCCC1CCN(c2cc(-c3ccc(OCc4ccccc4)nc3OCc3ccccc3)ccn2)CC1. The summed E-state index contributed by atoms with van der Waals surface area (Å²) in [5.41, 5.74) is 4.07. The maximum Gasteiger partial charge on any atom is 0.225 e. The average molecular weight is 496 g/mol. The summed E-state index contributed by atoms with van der Waals surface area (Å²) in [6.45, 7) is 3.02. The van der Waals surface area contributed by atoms with Crippen LogP contribution in [-0.2, 0) is 13.2 Å². The minimum absolute atomic E-state index is 0.266. The maximum absolute atomic E-state index is 9.26. The number of ether oxygens (including phenoxy) is 2. The largest absolute Gasteiger partial charge is 0.473 e. The van der Waals surface area contributed by atoms with Gasteiger partial charge < -0.3 is 19.5 Å². The van der Waals surface area contributed by atoms with Crippen molar-refractivity contribution in [2.45, 2.75) is 32.5 Å². The van der Waals surface area contributed by atoms with E-state index in [9.17, 15) is 5.11 Å². The first-order valence-electron chi connectivity index (χ1n) is 13.0. The lowest BCUT2D eigenvalue weighted by Crippen LogP contribution is -2.34. The molecule has 1 saturated heterocycles.